The van der Waals surface area contributed by atoms with Crippen LogP contribution in [0.15, 0.2) is 150 Å². The number of anilines is 5. The molecule has 0 saturated heterocycles. The van der Waals surface area contributed by atoms with Crippen LogP contribution in [-0.2, 0) is 27.1 Å². The van der Waals surface area contributed by atoms with Gasteiger partial charge in [-0.15, -0.1) is 0 Å². The second-order valence-electron chi connectivity index (χ2n) is 25.4. The zero-order valence-corrected chi connectivity index (χ0v) is 44.1. The monoisotopic (exact) mass is 937 g/mol. The van der Waals surface area contributed by atoms with E-state index in [1.165, 1.54) is 125 Å². The van der Waals surface area contributed by atoms with Gasteiger partial charge in [0.05, 0.1) is 0 Å². The first kappa shape index (κ1) is 44.0. The third-order valence-corrected chi connectivity index (χ3v) is 18.9. The maximum absolute atomic E-state index is 7.30. The van der Waals surface area contributed by atoms with Crippen molar-refractivity contribution in [2.45, 2.75) is 129 Å². The molecule has 0 bridgehead atoms. The summed E-state index contributed by atoms with van der Waals surface area (Å²) in [7, 11) is 0. The van der Waals surface area contributed by atoms with Crippen LogP contribution in [0.4, 0.5) is 28.4 Å². The fourth-order valence-corrected chi connectivity index (χ4v) is 14.6. The molecule has 3 nitrogen and oxygen atoms in total. The Morgan fingerprint density at radius 3 is 1.86 bits per heavy atom. The Kier molecular flexibility index (Phi) is 8.83. The third-order valence-electron chi connectivity index (χ3n) is 18.9. The number of aryl methyl sites for hydroxylation is 1. The smallest absolute Gasteiger partial charge is 0.333 e. The first-order chi connectivity index (χ1) is 34.4. The van der Waals surface area contributed by atoms with Gasteiger partial charge in [-0.2, -0.15) is 0 Å². The normalized spacial score (nSPS) is 18.7. The molecule has 0 amide bonds. The van der Waals surface area contributed by atoms with E-state index in [4.69, 9.17) is 4.42 Å². The van der Waals surface area contributed by atoms with Crippen molar-refractivity contribution in [3.63, 3.8) is 0 Å². The van der Waals surface area contributed by atoms with Crippen molar-refractivity contribution in [2.75, 3.05) is 9.71 Å². The Morgan fingerprint density at radius 2 is 1.11 bits per heavy atom. The van der Waals surface area contributed by atoms with Gasteiger partial charge in [0.15, 0.2) is 0 Å². The molecule has 3 heterocycles. The van der Waals surface area contributed by atoms with Gasteiger partial charge in [0, 0.05) is 55.8 Å². The maximum Gasteiger partial charge on any atom is 0.333 e. The highest BCUT2D eigenvalue weighted by Gasteiger charge is 2.51. The van der Waals surface area contributed by atoms with E-state index in [9.17, 15) is 0 Å². The Labute approximate surface area is 427 Å². The summed E-state index contributed by atoms with van der Waals surface area (Å²) in [5.41, 5.74) is 28.2. The number of para-hydroxylation sites is 1. The second-order valence-corrected chi connectivity index (χ2v) is 25.4. The van der Waals surface area contributed by atoms with Crippen LogP contribution in [0.25, 0.3) is 55.3 Å². The van der Waals surface area contributed by atoms with Gasteiger partial charge in [-0.05, 0) is 163 Å². The average Bonchev–Trinajstić information content (AvgIpc) is 3.85. The summed E-state index contributed by atoms with van der Waals surface area (Å²) >= 11 is 0. The molecular formula is C68H65BN2O. The molecule has 0 atom stereocenters. The van der Waals surface area contributed by atoms with Crippen LogP contribution >= 0.6 is 0 Å². The van der Waals surface area contributed by atoms with E-state index in [0.29, 0.717) is 0 Å². The van der Waals surface area contributed by atoms with E-state index in [-0.39, 0.29) is 33.9 Å². The Morgan fingerprint density at radius 1 is 0.472 bits per heavy atom. The second kappa shape index (κ2) is 14.5. The molecule has 1 aromatic heterocycles. The fraction of sp³-hybridized carbons (Fsp3) is 0.294. The van der Waals surface area contributed by atoms with E-state index < -0.39 is 0 Å². The van der Waals surface area contributed by atoms with Gasteiger partial charge in [-0.25, -0.2) is 0 Å². The zero-order valence-electron chi connectivity index (χ0n) is 44.1. The molecule has 0 unspecified atom stereocenters. The number of hydrogen-bond donors (Lipinski definition) is 0. The lowest BCUT2D eigenvalue weighted by molar-refractivity contribution is 0.332. The molecule has 2 aliphatic heterocycles. The van der Waals surface area contributed by atoms with Crippen molar-refractivity contribution in [1.82, 2.24) is 0 Å². The molecule has 5 aliphatic rings. The quantitative estimate of drug-likeness (QED) is 0.165. The molecule has 8 aromatic carbocycles. The average molecular weight is 937 g/mol. The summed E-state index contributed by atoms with van der Waals surface area (Å²) in [4.78, 5) is 5.49. The van der Waals surface area contributed by atoms with E-state index in [1.807, 2.05) is 0 Å². The van der Waals surface area contributed by atoms with Crippen LogP contribution in [0.3, 0.4) is 0 Å². The molecule has 0 spiro atoms. The van der Waals surface area contributed by atoms with Crippen LogP contribution in [-0.4, -0.2) is 6.85 Å². The lowest BCUT2D eigenvalue weighted by atomic mass is 9.43. The molecule has 0 N–H and O–H groups in total. The van der Waals surface area contributed by atoms with E-state index in [2.05, 4.69) is 231 Å². The van der Waals surface area contributed by atoms with Crippen molar-refractivity contribution >= 4 is 68.1 Å². The highest BCUT2D eigenvalue weighted by molar-refractivity contribution is 6.94. The van der Waals surface area contributed by atoms with Crippen LogP contribution in [0.2, 0.25) is 0 Å². The number of furan rings is 1. The van der Waals surface area contributed by atoms with E-state index in [1.54, 1.807) is 0 Å². The fourth-order valence-electron chi connectivity index (χ4n) is 14.6. The zero-order chi connectivity index (χ0) is 49.6. The molecule has 3 aliphatic carbocycles. The molecule has 72 heavy (non-hydrogen) atoms. The molecule has 356 valence electrons. The molecule has 0 radical (unpaired) electrons. The predicted octanol–water partition coefficient (Wildman–Crippen LogP) is 17.3. The van der Waals surface area contributed by atoms with Crippen LogP contribution in [0, 0.1) is 6.92 Å². The van der Waals surface area contributed by atoms with Crippen LogP contribution in [0.5, 0.6) is 0 Å². The molecule has 9 aromatic rings. The SMILES string of the molecule is Cc1cc2c(cc1N1c3cc(-c4ccccc4)ccc3B3c4c1cc1c(oc5ccccc51)c4-c1ccc4c(c1N3c1ccc3c(c1)C(C)(C)CCC3(C)C)C(C)(C)c1ccccc1-4)C(C)(C)CCC2(C)C. The van der Waals surface area contributed by atoms with Crippen molar-refractivity contribution in [2.24, 2.45) is 0 Å². The minimum atomic E-state index is -0.283. The third kappa shape index (κ3) is 5.87. The van der Waals surface area contributed by atoms with Crippen LogP contribution in [0.1, 0.15) is 134 Å². The van der Waals surface area contributed by atoms with Gasteiger partial charge in [-0.1, -0.05) is 178 Å². The van der Waals surface area contributed by atoms with Gasteiger partial charge in [0.2, 0.25) is 0 Å². The van der Waals surface area contributed by atoms with Gasteiger partial charge < -0.3 is 14.1 Å². The summed E-state index contributed by atoms with van der Waals surface area (Å²) in [6.07, 6.45) is 4.66. The Hall–Kier alpha value is -6.78. The van der Waals surface area contributed by atoms with Gasteiger partial charge >= 0.3 is 6.85 Å². The number of nitrogens with zero attached hydrogens (tertiary/aromatic N) is 2. The first-order valence-electron chi connectivity index (χ1n) is 26.7. The summed E-state index contributed by atoms with van der Waals surface area (Å²) in [5.74, 6) is 0. The molecule has 0 fully saturated rings. The first-order valence-corrected chi connectivity index (χ1v) is 26.7. The van der Waals surface area contributed by atoms with Gasteiger partial charge in [0.1, 0.15) is 11.2 Å². The van der Waals surface area contributed by atoms with Crippen LogP contribution < -0.4 is 20.6 Å². The van der Waals surface area contributed by atoms with Crippen molar-refractivity contribution in [3.8, 4) is 33.4 Å². The number of rotatable bonds is 3. The standard InChI is InChI=1S/C68H65BN2O/c1-40-35-51-53(67(8,9)34-33-65(51,4)5)39-55(40)70-56-36-42(41-19-13-12-14-20-41)25-30-54(56)69-61-57(70)38-48-45-22-16-18-24-58(45)72-63(48)59(61)47-28-27-46-44-21-15-17-23-49(44)68(10,11)60(46)62(47)71(69)43-26-29-50-52(37-43)66(6,7)32-31-64(50,2)3/h12-30,35-39H,31-34H2,1-11H3. The van der Waals surface area contributed by atoms with Gasteiger partial charge in [0.25, 0.3) is 0 Å². The van der Waals surface area contributed by atoms with Gasteiger partial charge in [-0.3, -0.25) is 0 Å². The van der Waals surface area contributed by atoms with E-state index in [0.717, 1.165) is 34.8 Å². The highest BCUT2D eigenvalue weighted by Crippen LogP contribution is 2.60. The number of hydrogen-bond acceptors (Lipinski definition) is 3. The Balaban J connectivity index is 1.17. The number of fused-ring (bicyclic) bond motifs is 14. The number of benzene rings is 8. The largest absolute Gasteiger partial charge is 0.455 e. The summed E-state index contributed by atoms with van der Waals surface area (Å²) in [6, 6.07) is 56.4. The summed E-state index contributed by atoms with van der Waals surface area (Å²) in [5, 5.41) is 2.30. The van der Waals surface area contributed by atoms with E-state index >= 15 is 0 Å². The summed E-state index contributed by atoms with van der Waals surface area (Å²) in [6.45, 7) is 26.8. The van der Waals surface area contributed by atoms with Crippen molar-refractivity contribution < 1.29 is 4.42 Å². The predicted molar refractivity (Wildman–Crippen MR) is 306 cm³/mol. The molecule has 4 heteroatoms. The minimum absolute atomic E-state index is 0.0231. The van der Waals surface area contributed by atoms with Crippen molar-refractivity contribution in [3.05, 3.63) is 185 Å². The topological polar surface area (TPSA) is 19.6 Å². The highest BCUT2D eigenvalue weighted by atomic mass is 16.3. The van der Waals surface area contributed by atoms with Crippen molar-refractivity contribution in [1.29, 1.82) is 0 Å². The molecular weight excluding hydrogens is 872 g/mol. The lowest BCUT2D eigenvalue weighted by Crippen LogP contribution is -2.62. The molecule has 0 saturated carbocycles. The lowest BCUT2D eigenvalue weighted by Gasteiger charge is -2.49. The minimum Gasteiger partial charge on any atom is -0.455 e. The maximum atomic E-state index is 7.30. The molecule has 14 rings (SSSR count). The summed E-state index contributed by atoms with van der Waals surface area (Å²) < 4.78 is 7.30. The Bertz CT molecular complexity index is 3830.